The number of imidazole rings is 1. The van der Waals surface area contributed by atoms with Crippen LogP contribution in [0.15, 0.2) is 42.6 Å². The van der Waals surface area contributed by atoms with E-state index in [2.05, 4.69) is 15.4 Å². The van der Waals surface area contributed by atoms with Crippen LogP contribution in [0.3, 0.4) is 0 Å². The fraction of sp³-hybridized carbons (Fsp3) is 0.133. The molecule has 2 aromatic heterocycles. The fourth-order valence-corrected chi connectivity index (χ4v) is 2.22. The molecule has 0 unspecified atom stereocenters. The Kier molecular flexibility index (Phi) is 3.77. The van der Waals surface area contributed by atoms with Crippen LogP contribution in [0.25, 0.3) is 5.65 Å². The van der Waals surface area contributed by atoms with Gasteiger partial charge in [-0.05, 0) is 36.8 Å². The van der Waals surface area contributed by atoms with Crippen molar-refractivity contribution in [2.24, 2.45) is 0 Å². The molecular weight excluding hydrogens is 307 g/mol. The number of aromatic nitrogens is 3. The maximum absolute atomic E-state index is 12.9. The van der Waals surface area contributed by atoms with E-state index in [4.69, 9.17) is 11.6 Å². The number of carbonyl (C=O) groups excluding carboxylic acids is 1. The third kappa shape index (κ3) is 2.92. The van der Waals surface area contributed by atoms with Crippen LogP contribution in [0.4, 0.5) is 4.39 Å². The summed E-state index contributed by atoms with van der Waals surface area (Å²) in [7, 11) is 0. The Labute approximate surface area is 130 Å². The molecule has 1 amide bonds. The van der Waals surface area contributed by atoms with Gasteiger partial charge in [0.1, 0.15) is 16.7 Å². The van der Waals surface area contributed by atoms with Crippen molar-refractivity contribution in [3.05, 3.63) is 64.8 Å². The molecule has 22 heavy (non-hydrogen) atoms. The van der Waals surface area contributed by atoms with E-state index in [0.717, 1.165) is 5.56 Å². The zero-order valence-electron chi connectivity index (χ0n) is 11.6. The largest absolute Gasteiger partial charge is 0.344 e. The molecule has 7 heteroatoms. The summed E-state index contributed by atoms with van der Waals surface area (Å²) >= 11 is 5.79. The number of benzene rings is 1. The van der Waals surface area contributed by atoms with Crippen LogP contribution in [-0.2, 0) is 0 Å². The van der Waals surface area contributed by atoms with E-state index in [0.29, 0.717) is 10.8 Å². The van der Waals surface area contributed by atoms with E-state index < -0.39 is 0 Å². The predicted octanol–water partition coefficient (Wildman–Crippen LogP) is 3.01. The average molecular weight is 319 g/mol. The van der Waals surface area contributed by atoms with Gasteiger partial charge in [0.2, 0.25) is 0 Å². The highest BCUT2D eigenvalue weighted by molar-refractivity contribution is 6.29. The van der Waals surface area contributed by atoms with E-state index in [1.54, 1.807) is 24.3 Å². The molecule has 112 valence electrons. The number of carbonyl (C=O) groups is 1. The molecule has 1 N–H and O–H groups in total. The highest BCUT2D eigenvalue weighted by Crippen LogP contribution is 2.14. The highest BCUT2D eigenvalue weighted by atomic mass is 35.5. The van der Waals surface area contributed by atoms with Crippen LogP contribution >= 0.6 is 11.6 Å². The Morgan fingerprint density at radius 2 is 2.00 bits per heavy atom. The molecule has 3 aromatic rings. The molecule has 0 fully saturated rings. The van der Waals surface area contributed by atoms with Gasteiger partial charge in [-0.2, -0.15) is 5.10 Å². The van der Waals surface area contributed by atoms with Crippen LogP contribution in [0.2, 0.25) is 5.15 Å². The van der Waals surface area contributed by atoms with E-state index >= 15 is 0 Å². The van der Waals surface area contributed by atoms with Crippen LogP contribution < -0.4 is 5.32 Å². The topological polar surface area (TPSA) is 59.3 Å². The minimum atomic E-state index is -0.335. The summed E-state index contributed by atoms with van der Waals surface area (Å²) in [6, 6.07) is 8.98. The lowest BCUT2D eigenvalue weighted by Crippen LogP contribution is -2.26. The van der Waals surface area contributed by atoms with E-state index in [1.807, 2.05) is 6.92 Å². The quantitative estimate of drug-likeness (QED) is 0.807. The Bertz CT molecular complexity index is 831. The number of hydrogen-bond acceptors (Lipinski definition) is 3. The SMILES string of the molecule is C[C@@H](NC(=O)c1cn2nc(Cl)ccc2n1)c1ccc(F)cc1. The molecule has 0 saturated carbocycles. The molecule has 1 aromatic carbocycles. The van der Waals surface area contributed by atoms with Crippen molar-refractivity contribution < 1.29 is 9.18 Å². The summed E-state index contributed by atoms with van der Waals surface area (Å²) in [5, 5.41) is 7.15. The number of fused-ring (bicyclic) bond motifs is 1. The number of rotatable bonds is 3. The molecule has 0 radical (unpaired) electrons. The summed E-state index contributed by atoms with van der Waals surface area (Å²) < 4.78 is 14.4. The first-order chi connectivity index (χ1) is 10.5. The first-order valence-corrected chi connectivity index (χ1v) is 6.99. The molecule has 0 aliphatic heterocycles. The summed E-state index contributed by atoms with van der Waals surface area (Å²) in [5.41, 5.74) is 1.58. The lowest BCUT2D eigenvalue weighted by molar-refractivity contribution is 0.0935. The van der Waals surface area contributed by atoms with E-state index in [9.17, 15) is 9.18 Å². The summed E-state index contributed by atoms with van der Waals surface area (Å²) in [6.45, 7) is 1.82. The van der Waals surface area contributed by atoms with Crippen molar-refractivity contribution in [3.63, 3.8) is 0 Å². The first kappa shape index (κ1) is 14.5. The highest BCUT2D eigenvalue weighted by Gasteiger charge is 2.15. The zero-order valence-corrected chi connectivity index (χ0v) is 12.4. The second kappa shape index (κ2) is 5.73. The van der Waals surface area contributed by atoms with Gasteiger partial charge < -0.3 is 5.32 Å². The lowest BCUT2D eigenvalue weighted by Gasteiger charge is -2.13. The van der Waals surface area contributed by atoms with Crippen molar-refractivity contribution in [1.29, 1.82) is 0 Å². The average Bonchev–Trinajstić information content (AvgIpc) is 2.91. The predicted molar refractivity (Wildman–Crippen MR) is 80.3 cm³/mol. The number of nitrogens with one attached hydrogen (secondary N) is 1. The van der Waals surface area contributed by atoms with Gasteiger partial charge in [-0.15, -0.1) is 0 Å². The lowest BCUT2D eigenvalue weighted by atomic mass is 10.1. The standard InChI is InChI=1S/C15H12ClFN4O/c1-9(10-2-4-11(17)5-3-10)18-15(22)12-8-21-14(19-12)7-6-13(16)20-21/h2-9H,1H3,(H,18,22)/t9-/m1/s1. The number of hydrogen-bond donors (Lipinski definition) is 1. The van der Waals surface area contributed by atoms with Crippen LogP contribution in [0.1, 0.15) is 29.0 Å². The van der Waals surface area contributed by atoms with Crippen molar-refractivity contribution in [2.45, 2.75) is 13.0 Å². The van der Waals surface area contributed by atoms with Gasteiger partial charge in [-0.25, -0.2) is 13.9 Å². The maximum atomic E-state index is 12.9. The fourth-order valence-electron chi connectivity index (χ4n) is 2.07. The van der Waals surface area contributed by atoms with Crippen LogP contribution in [0, 0.1) is 5.82 Å². The molecule has 0 bridgehead atoms. The Hall–Kier alpha value is -2.47. The normalized spacial score (nSPS) is 12.3. The molecule has 0 spiro atoms. The Morgan fingerprint density at radius 3 is 2.73 bits per heavy atom. The number of halogens is 2. The van der Waals surface area contributed by atoms with Gasteiger partial charge in [0, 0.05) is 0 Å². The molecule has 1 atom stereocenters. The monoisotopic (exact) mass is 318 g/mol. The zero-order chi connectivity index (χ0) is 15.7. The summed E-state index contributed by atoms with van der Waals surface area (Å²) in [5.74, 6) is -0.649. The molecule has 5 nitrogen and oxygen atoms in total. The van der Waals surface area contributed by atoms with Gasteiger partial charge in [-0.1, -0.05) is 23.7 Å². The van der Waals surface area contributed by atoms with Crippen LogP contribution in [-0.4, -0.2) is 20.5 Å². The van der Waals surface area contributed by atoms with Crippen LogP contribution in [0.5, 0.6) is 0 Å². The maximum Gasteiger partial charge on any atom is 0.272 e. The molecule has 0 aliphatic rings. The van der Waals surface area contributed by atoms with Crippen molar-refractivity contribution in [2.75, 3.05) is 0 Å². The van der Waals surface area contributed by atoms with Gasteiger partial charge in [-0.3, -0.25) is 4.79 Å². The number of amides is 1. The summed E-state index contributed by atoms with van der Waals surface area (Å²) in [4.78, 5) is 16.4. The molecule has 3 rings (SSSR count). The van der Waals surface area contributed by atoms with Crippen molar-refractivity contribution in [1.82, 2.24) is 19.9 Å². The summed E-state index contributed by atoms with van der Waals surface area (Å²) in [6.07, 6.45) is 1.51. The minimum Gasteiger partial charge on any atom is -0.344 e. The molecule has 0 aliphatic carbocycles. The third-order valence-corrected chi connectivity index (χ3v) is 3.44. The van der Waals surface area contributed by atoms with Gasteiger partial charge >= 0.3 is 0 Å². The first-order valence-electron chi connectivity index (χ1n) is 6.61. The second-order valence-corrected chi connectivity index (χ2v) is 5.22. The minimum absolute atomic E-state index is 0.240. The van der Waals surface area contributed by atoms with Crippen molar-refractivity contribution >= 4 is 23.2 Å². The van der Waals surface area contributed by atoms with E-state index in [-0.39, 0.29) is 23.5 Å². The molecule has 0 saturated heterocycles. The molecular formula is C15H12ClFN4O. The smallest absolute Gasteiger partial charge is 0.272 e. The van der Waals surface area contributed by atoms with E-state index in [1.165, 1.54) is 22.8 Å². The Morgan fingerprint density at radius 1 is 1.27 bits per heavy atom. The third-order valence-electron chi connectivity index (χ3n) is 3.24. The van der Waals surface area contributed by atoms with Gasteiger partial charge in [0.15, 0.2) is 5.65 Å². The second-order valence-electron chi connectivity index (χ2n) is 4.83. The number of nitrogens with zero attached hydrogens (tertiary/aromatic N) is 3. The van der Waals surface area contributed by atoms with Gasteiger partial charge in [0.05, 0.1) is 12.2 Å². The molecule has 2 heterocycles. The van der Waals surface area contributed by atoms with Gasteiger partial charge in [0.25, 0.3) is 5.91 Å². The van der Waals surface area contributed by atoms with Crippen molar-refractivity contribution in [3.8, 4) is 0 Å². The Balaban J connectivity index is 1.79.